The van der Waals surface area contributed by atoms with E-state index in [-0.39, 0.29) is 17.1 Å². The maximum atomic E-state index is 13.4. The summed E-state index contributed by atoms with van der Waals surface area (Å²) in [6.07, 6.45) is -2.32. The van der Waals surface area contributed by atoms with Crippen molar-refractivity contribution in [1.82, 2.24) is 15.2 Å². The molecule has 1 aromatic carbocycles. The van der Waals surface area contributed by atoms with E-state index >= 15 is 0 Å². The number of fused-ring (bicyclic) bond motifs is 1. The monoisotopic (exact) mass is 566 g/mol. The van der Waals surface area contributed by atoms with Crippen molar-refractivity contribution in [2.24, 2.45) is 10.7 Å². The first-order valence-corrected chi connectivity index (χ1v) is 12.8. The van der Waals surface area contributed by atoms with Crippen LogP contribution in [0.15, 0.2) is 53.7 Å². The summed E-state index contributed by atoms with van der Waals surface area (Å²) in [5.41, 5.74) is 6.31. The van der Waals surface area contributed by atoms with Gasteiger partial charge in [-0.3, -0.25) is 9.69 Å². The maximum Gasteiger partial charge on any atom is 0.448 e. The third kappa shape index (κ3) is 7.07. The zero-order valence-electron chi connectivity index (χ0n) is 21.2. The van der Waals surface area contributed by atoms with Crippen molar-refractivity contribution in [3.63, 3.8) is 0 Å². The average Bonchev–Trinajstić information content (AvgIpc) is 2.94. The maximum absolute atomic E-state index is 13.4. The van der Waals surface area contributed by atoms with Gasteiger partial charge in [0.2, 0.25) is 5.84 Å². The number of nitrogens with two attached hydrogens (primary N) is 1. The molecule has 2 fully saturated rings. The molecule has 0 spiro atoms. The predicted molar refractivity (Wildman–Crippen MR) is 144 cm³/mol. The van der Waals surface area contributed by atoms with E-state index in [0.717, 1.165) is 25.1 Å². The van der Waals surface area contributed by atoms with Gasteiger partial charge in [0.05, 0.1) is 48.6 Å². The molecule has 2 aromatic rings. The molecule has 9 nitrogen and oxygen atoms in total. The van der Waals surface area contributed by atoms with Crippen LogP contribution in [0.3, 0.4) is 0 Å². The van der Waals surface area contributed by atoms with Gasteiger partial charge in [0.15, 0.2) is 0 Å². The number of carbonyl (C=O) groups excluding carboxylic acids is 1. The molecule has 13 heteroatoms. The van der Waals surface area contributed by atoms with Crippen LogP contribution in [0.1, 0.15) is 10.4 Å². The number of morpholine rings is 2. The second-order valence-electron chi connectivity index (χ2n) is 8.98. The Morgan fingerprint density at radius 3 is 2.46 bits per heavy atom. The summed E-state index contributed by atoms with van der Waals surface area (Å²) in [6.45, 7) is 8.37. The Hall–Kier alpha value is -3.19. The number of aliphatic imine (C=N–C) groups is 1. The first kappa shape index (κ1) is 28.8. The number of nitrogens with one attached hydrogen (secondary N) is 1. The lowest BCUT2D eigenvalue weighted by Gasteiger charge is -2.35. The van der Waals surface area contributed by atoms with E-state index in [4.69, 9.17) is 31.8 Å². The minimum absolute atomic E-state index is 0.0597. The van der Waals surface area contributed by atoms with Gasteiger partial charge in [-0.25, -0.2) is 9.98 Å². The van der Waals surface area contributed by atoms with Crippen LogP contribution < -0.4 is 16.0 Å². The van der Waals surface area contributed by atoms with E-state index in [1.54, 1.807) is 12.1 Å². The number of rotatable bonds is 8. The number of anilines is 1. The molecule has 0 bridgehead atoms. The van der Waals surface area contributed by atoms with Crippen molar-refractivity contribution in [1.29, 1.82) is 0 Å². The SMILES string of the molecule is C=C/C(=C\N=C(N)C(F)(F)F)C(CNC(=O)c1c(Cl)ccc2nc(N3CCOCC3)ccc12)N1CCOCC1. The molecule has 1 unspecified atom stereocenters. The number of nitrogens with zero attached hydrogens (tertiary/aromatic N) is 4. The minimum Gasteiger partial charge on any atom is -0.380 e. The molecular weight excluding hydrogens is 537 g/mol. The van der Waals surface area contributed by atoms with Crippen molar-refractivity contribution >= 4 is 40.1 Å². The molecule has 210 valence electrons. The van der Waals surface area contributed by atoms with Gasteiger partial charge >= 0.3 is 6.18 Å². The summed E-state index contributed by atoms with van der Waals surface area (Å²) in [7, 11) is 0. The van der Waals surface area contributed by atoms with E-state index in [0.29, 0.717) is 56.0 Å². The van der Waals surface area contributed by atoms with Crippen LogP contribution in [0.25, 0.3) is 10.9 Å². The van der Waals surface area contributed by atoms with Gasteiger partial charge in [-0.15, -0.1) is 0 Å². The normalized spacial score (nSPS) is 18.7. The summed E-state index contributed by atoms with van der Waals surface area (Å²) in [5, 5.41) is 3.73. The van der Waals surface area contributed by atoms with Crippen LogP contribution in [0.4, 0.5) is 19.0 Å². The summed E-state index contributed by atoms with van der Waals surface area (Å²) in [4.78, 5) is 25.6. The number of alkyl halides is 3. The Bertz CT molecular complexity index is 1260. The van der Waals surface area contributed by atoms with Crippen LogP contribution in [-0.2, 0) is 9.47 Å². The van der Waals surface area contributed by atoms with Gasteiger partial charge < -0.3 is 25.4 Å². The summed E-state index contributed by atoms with van der Waals surface area (Å²) >= 11 is 6.46. The molecule has 4 rings (SSSR count). The number of carbonyl (C=O) groups is 1. The van der Waals surface area contributed by atoms with Gasteiger partial charge in [-0.1, -0.05) is 24.3 Å². The fraction of sp³-hybridized carbons (Fsp3) is 0.423. The molecule has 0 aliphatic carbocycles. The lowest BCUT2D eigenvalue weighted by Crippen LogP contribution is -2.49. The summed E-state index contributed by atoms with van der Waals surface area (Å²) < 4.78 is 49.5. The van der Waals surface area contributed by atoms with E-state index in [1.807, 2.05) is 17.0 Å². The topological polar surface area (TPSA) is 105 Å². The van der Waals surface area contributed by atoms with Crippen molar-refractivity contribution in [2.45, 2.75) is 12.2 Å². The standard InChI is InChI=1S/C26H30ClF3N6O3/c1-2-17(15-33-25(31)26(28,29)30)21(35-7-11-38-12-8-35)16-32-24(37)23-18-3-6-22(36-9-13-39-14-10-36)34-20(18)5-4-19(23)27/h2-6,15,21H,1,7-14,16H2,(H2,31,33)(H,32,37)/b17-15+. The Morgan fingerprint density at radius 1 is 1.15 bits per heavy atom. The fourth-order valence-corrected chi connectivity index (χ4v) is 4.73. The van der Waals surface area contributed by atoms with Gasteiger partial charge in [-0.2, -0.15) is 13.2 Å². The van der Waals surface area contributed by atoms with Crippen LogP contribution in [0.2, 0.25) is 5.02 Å². The van der Waals surface area contributed by atoms with Crippen molar-refractivity contribution < 1.29 is 27.4 Å². The zero-order valence-corrected chi connectivity index (χ0v) is 22.0. The molecule has 39 heavy (non-hydrogen) atoms. The highest BCUT2D eigenvalue weighted by Gasteiger charge is 2.33. The van der Waals surface area contributed by atoms with Crippen LogP contribution >= 0.6 is 11.6 Å². The molecule has 3 heterocycles. The Balaban J connectivity index is 1.58. The quantitative estimate of drug-likeness (QED) is 0.287. The average molecular weight is 567 g/mol. The first-order valence-electron chi connectivity index (χ1n) is 12.4. The van der Waals surface area contributed by atoms with E-state index in [2.05, 4.69) is 21.8 Å². The highest BCUT2D eigenvalue weighted by molar-refractivity contribution is 6.35. The van der Waals surface area contributed by atoms with Crippen LogP contribution in [0, 0.1) is 0 Å². The number of benzene rings is 1. The highest BCUT2D eigenvalue weighted by atomic mass is 35.5. The van der Waals surface area contributed by atoms with E-state index in [1.165, 1.54) is 6.08 Å². The third-order valence-electron chi connectivity index (χ3n) is 6.57. The first-order chi connectivity index (χ1) is 18.7. The smallest absolute Gasteiger partial charge is 0.380 e. The molecule has 1 aromatic heterocycles. The zero-order chi connectivity index (χ0) is 28.0. The fourth-order valence-electron chi connectivity index (χ4n) is 4.48. The Labute approximate surface area is 229 Å². The van der Waals surface area contributed by atoms with Gasteiger partial charge in [0.25, 0.3) is 5.91 Å². The lowest BCUT2D eigenvalue weighted by molar-refractivity contribution is -0.0598. The highest BCUT2D eigenvalue weighted by Crippen LogP contribution is 2.28. The third-order valence-corrected chi connectivity index (χ3v) is 6.89. The molecule has 1 amide bonds. The summed E-state index contributed by atoms with van der Waals surface area (Å²) in [5.74, 6) is -1.13. The van der Waals surface area contributed by atoms with Gasteiger partial charge in [0, 0.05) is 44.3 Å². The second kappa shape index (κ2) is 12.8. The Kier molecular flexibility index (Phi) is 9.44. The molecule has 0 radical (unpaired) electrons. The molecular formula is C26H30ClF3N6O3. The molecule has 3 N–H and O–H groups in total. The largest absolute Gasteiger partial charge is 0.448 e. The number of aromatic nitrogens is 1. The minimum atomic E-state index is -4.76. The second-order valence-corrected chi connectivity index (χ2v) is 9.38. The number of pyridine rings is 1. The molecule has 2 aliphatic heterocycles. The van der Waals surface area contributed by atoms with Crippen LogP contribution in [-0.4, -0.2) is 93.0 Å². The molecule has 2 saturated heterocycles. The van der Waals surface area contributed by atoms with Crippen molar-refractivity contribution in [3.05, 3.63) is 59.3 Å². The number of hydrogen-bond donors (Lipinski definition) is 2. The van der Waals surface area contributed by atoms with Crippen LogP contribution in [0.5, 0.6) is 0 Å². The van der Waals surface area contributed by atoms with Gasteiger partial charge in [0.1, 0.15) is 5.82 Å². The lowest BCUT2D eigenvalue weighted by atomic mass is 10.0. The number of halogens is 4. The summed E-state index contributed by atoms with van der Waals surface area (Å²) in [6, 6.07) is 6.52. The Morgan fingerprint density at radius 2 is 1.82 bits per heavy atom. The van der Waals surface area contributed by atoms with E-state index < -0.39 is 24.0 Å². The molecule has 0 saturated carbocycles. The van der Waals surface area contributed by atoms with Gasteiger partial charge in [-0.05, 0) is 29.8 Å². The molecule has 1 atom stereocenters. The predicted octanol–water partition coefficient (Wildman–Crippen LogP) is 3.14. The number of hydrogen-bond acceptors (Lipinski definition) is 7. The number of ether oxygens (including phenoxy) is 2. The molecule has 2 aliphatic rings. The number of amidine groups is 1. The van der Waals surface area contributed by atoms with Crippen molar-refractivity contribution in [3.8, 4) is 0 Å². The van der Waals surface area contributed by atoms with E-state index in [9.17, 15) is 18.0 Å². The number of amides is 1. The van der Waals surface area contributed by atoms with Crippen molar-refractivity contribution in [2.75, 3.05) is 64.1 Å².